The molecular formula is C15H19N3O2S. The molecule has 0 unspecified atom stereocenters. The summed E-state index contributed by atoms with van der Waals surface area (Å²) < 4.78 is 27.3. The summed E-state index contributed by atoms with van der Waals surface area (Å²) in [6.07, 6.45) is 4.01. The van der Waals surface area contributed by atoms with Gasteiger partial charge in [-0.05, 0) is 48.2 Å². The molecule has 1 aromatic heterocycles. The monoisotopic (exact) mass is 305 g/mol. The maximum Gasteiger partial charge on any atom is 0.240 e. The summed E-state index contributed by atoms with van der Waals surface area (Å²) in [5, 5.41) is 0. The average Bonchev–Trinajstić information content (AvgIpc) is 2.48. The third-order valence-electron chi connectivity index (χ3n) is 3.23. The Bertz CT molecular complexity index is 700. The van der Waals surface area contributed by atoms with Gasteiger partial charge < -0.3 is 5.73 Å². The van der Waals surface area contributed by atoms with E-state index < -0.39 is 10.0 Å². The molecule has 0 fully saturated rings. The summed E-state index contributed by atoms with van der Waals surface area (Å²) in [6, 6.07) is 8.98. The van der Waals surface area contributed by atoms with E-state index in [2.05, 4.69) is 9.71 Å². The second-order valence-electron chi connectivity index (χ2n) is 4.81. The Morgan fingerprint density at radius 2 is 1.86 bits per heavy atom. The highest BCUT2D eigenvalue weighted by Crippen LogP contribution is 2.16. The molecule has 0 amide bonds. The fourth-order valence-electron chi connectivity index (χ4n) is 2.02. The van der Waals surface area contributed by atoms with E-state index in [-0.39, 0.29) is 0 Å². The Hall–Kier alpha value is -1.76. The van der Waals surface area contributed by atoms with E-state index in [1.807, 2.05) is 18.2 Å². The molecule has 1 heterocycles. The normalized spacial score (nSPS) is 11.5. The van der Waals surface area contributed by atoms with Gasteiger partial charge >= 0.3 is 0 Å². The van der Waals surface area contributed by atoms with Gasteiger partial charge in [0.2, 0.25) is 10.0 Å². The average molecular weight is 305 g/mol. The molecule has 6 heteroatoms. The summed E-state index contributed by atoms with van der Waals surface area (Å²) in [5.74, 6) is 0. The van der Waals surface area contributed by atoms with Crippen molar-refractivity contribution in [2.45, 2.75) is 24.8 Å². The highest BCUT2D eigenvalue weighted by molar-refractivity contribution is 7.89. The molecule has 5 nitrogen and oxygen atoms in total. The Labute approximate surface area is 125 Å². The number of nitrogens with one attached hydrogen (secondary N) is 1. The van der Waals surface area contributed by atoms with Gasteiger partial charge in [-0.1, -0.05) is 12.1 Å². The minimum Gasteiger partial charge on any atom is -0.326 e. The number of pyridine rings is 1. The van der Waals surface area contributed by atoms with Crippen LogP contribution in [0.4, 0.5) is 0 Å². The van der Waals surface area contributed by atoms with Crippen LogP contribution >= 0.6 is 0 Å². The molecule has 0 bridgehead atoms. The summed E-state index contributed by atoms with van der Waals surface area (Å²) in [7, 11) is -3.51. The largest absolute Gasteiger partial charge is 0.326 e. The van der Waals surface area contributed by atoms with Crippen LogP contribution in [-0.4, -0.2) is 19.9 Å². The summed E-state index contributed by atoms with van der Waals surface area (Å²) in [6.45, 7) is 2.44. The molecule has 0 aliphatic carbocycles. The lowest BCUT2D eigenvalue weighted by Crippen LogP contribution is -2.26. The van der Waals surface area contributed by atoms with Crippen LogP contribution in [0.25, 0.3) is 0 Å². The van der Waals surface area contributed by atoms with Crippen LogP contribution in [0.15, 0.2) is 47.6 Å². The lowest BCUT2D eigenvalue weighted by molar-refractivity contribution is 0.581. The molecule has 2 rings (SSSR count). The maximum absolute atomic E-state index is 12.3. The van der Waals surface area contributed by atoms with E-state index in [1.165, 1.54) is 0 Å². The van der Waals surface area contributed by atoms with Crippen molar-refractivity contribution in [1.82, 2.24) is 9.71 Å². The SMILES string of the molecule is Cc1ccc(CN)cc1S(=O)(=O)NCCc1ccncc1. The van der Waals surface area contributed by atoms with Crippen LogP contribution in [0, 0.1) is 6.92 Å². The zero-order valence-electron chi connectivity index (χ0n) is 11.9. The second kappa shape index (κ2) is 6.80. The number of rotatable bonds is 6. The van der Waals surface area contributed by atoms with Crippen LogP contribution in [0.2, 0.25) is 0 Å². The van der Waals surface area contributed by atoms with E-state index >= 15 is 0 Å². The highest BCUT2D eigenvalue weighted by atomic mass is 32.2. The van der Waals surface area contributed by atoms with E-state index in [0.29, 0.717) is 30.0 Å². The molecule has 0 aliphatic heterocycles. The number of sulfonamides is 1. The smallest absolute Gasteiger partial charge is 0.240 e. The third-order valence-corrected chi connectivity index (χ3v) is 4.84. The first-order valence-electron chi connectivity index (χ1n) is 6.71. The van der Waals surface area contributed by atoms with Crippen LogP contribution in [0.3, 0.4) is 0 Å². The fourth-order valence-corrected chi connectivity index (χ4v) is 3.34. The van der Waals surface area contributed by atoms with Gasteiger partial charge in [-0.15, -0.1) is 0 Å². The van der Waals surface area contributed by atoms with Gasteiger partial charge in [0.05, 0.1) is 4.90 Å². The van der Waals surface area contributed by atoms with Crippen molar-refractivity contribution in [2.24, 2.45) is 5.73 Å². The van der Waals surface area contributed by atoms with Crippen LogP contribution in [0.1, 0.15) is 16.7 Å². The van der Waals surface area contributed by atoms with Gasteiger partial charge in [-0.25, -0.2) is 13.1 Å². The molecule has 1 aromatic carbocycles. The highest BCUT2D eigenvalue weighted by Gasteiger charge is 2.16. The van der Waals surface area contributed by atoms with Crippen molar-refractivity contribution in [2.75, 3.05) is 6.54 Å². The standard InChI is InChI=1S/C15H19N3O2S/c1-12-2-3-14(11-16)10-15(12)21(19,20)18-9-6-13-4-7-17-8-5-13/h2-5,7-8,10,18H,6,9,11,16H2,1H3. The number of benzene rings is 1. The van der Waals surface area contributed by atoms with Gasteiger partial charge in [-0.2, -0.15) is 0 Å². The van der Waals surface area contributed by atoms with Crippen LogP contribution < -0.4 is 10.5 Å². The molecule has 0 saturated carbocycles. The van der Waals surface area contributed by atoms with Gasteiger partial charge in [0.1, 0.15) is 0 Å². The number of hydrogen-bond acceptors (Lipinski definition) is 4. The van der Waals surface area contributed by atoms with E-state index in [1.54, 1.807) is 31.5 Å². The van der Waals surface area contributed by atoms with Gasteiger partial charge in [0, 0.05) is 25.5 Å². The minimum absolute atomic E-state index is 0.292. The molecule has 21 heavy (non-hydrogen) atoms. The first kappa shape index (κ1) is 15.6. The van der Waals surface area contributed by atoms with Crippen molar-refractivity contribution in [1.29, 1.82) is 0 Å². The molecule has 0 radical (unpaired) electrons. The van der Waals surface area contributed by atoms with Crippen LogP contribution in [-0.2, 0) is 23.0 Å². The number of nitrogens with zero attached hydrogens (tertiary/aromatic N) is 1. The molecule has 0 aliphatic rings. The topological polar surface area (TPSA) is 85.1 Å². The third kappa shape index (κ3) is 4.10. The lowest BCUT2D eigenvalue weighted by atomic mass is 10.1. The Balaban J connectivity index is 2.08. The Morgan fingerprint density at radius 1 is 1.14 bits per heavy atom. The second-order valence-corrected chi connectivity index (χ2v) is 6.54. The van der Waals surface area contributed by atoms with Crippen molar-refractivity contribution in [3.63, 3.8) is 0 Å². The van der Waals surface area contributed by atoms with E-state index in [4.69, 9.17) is 5.73 Å². The molecule has 0 saturated heterocycles. The molecule has 112 valence electrons. The Morgan fingerprint density at radius 3 is 2.52 bits per heavy atom. The first-order chi connectivity index (χ1) is 10.0. The predicted molar refractivity (Wildman–Crippen MR) is 82.2 cm³/mol. The van der Waals surface area contributed by atoms with Crippen LogP contribution in [0.5, 0.6) is 0 Å². The molecule has 0 spiro atoms. The molecule has 0 atom stereocenters. The number of nitrogens with two attached hydrogens (primary N) is 1. The zero-order valence-corrected chi connectivity index (χ0v) is 12.7. The van der Waals surface area contributed by atoms with E-state index in [9.17, 15) is 8.42 Å². The molecule has 3 N–H and O–H groups in total. The van der Waals surface area contributed by atoms with Crippen molar-refractivity contribution in [3.8, 4) is 0 Å². The summed E-state index contributed by atoms with van der Waals surface area (Å²) >= 11 is 0. The van der Waals surface area contributed by atoms with Gasteiger partial charge in [0.25, 0.3) is 0 Å². The summed E-state index contributed by atoms with van der Waals surface area (Å²) in [4.78, 5) is 4.22. The number of hydrogen-bond donors (Lipinski definition) is 2. The predicted octanol–water partition coefficient (Wildman–Crippen LogP) is 1.37. The number of aryl methyl sites for hydroxylation is 1. The zero-order chi connectivity index (χ0) is 15.3. The maximum atomic E-state index is 12.3. The lowest BCUT2D eigenvalue weighted by Gasteiger charge is -2.10. The molecular weight excluding hydrogens is 286 g/mol. The first-order valence-corrected chi connectivity index (χ1v) is 8.19. The van der Waals surface area contributed by atoms with Crippen molar-refractivity contribution < 1.29 is 8.42 Å². The fraction of sp³-hybridized carbons (Fsp3) is 0.267. The number of aromatic nitrogens is 1. The minimum atomic E-state index is -3.51. The van der Waals surface area contributed by atoms with Crippen molar-refractivity contribution >= 4 is 10.0 Å². The molecule has 2 aromatic rings. The van der Waals surface area contributed by atoms with Crippen molar-refractivity contribution in [3.05, 3.63) is 59.4 Å². The Kier molecular flexibility index (Phi) is 5.06. The summed E-state index contributed by atoms with van der Waals surface area (Å²) in [5.41, 5.74) is 8.12. The van der Waals surface area contributed by atoms with E-state index in [0.717, 1.165) is 11.1 Å². The van der Waals surface area contributed by atoms with Gasteiger partial charge in [0.15, 0.2) is 0 Å². The quantitative estimate of drug-likeness (QED) is 0.844. The van der Waals surface area contributed by atoms with Gasteiger partial charge in [-0.3, -0.25) is 4.98 Å².